The van der Waals surface area contributed by atoms with Gasteiger partial charge < -0.3 is 29.7 Å². The van der Waals surface area contributed by atoms with E-state index in [0.29, 0.717) is 22.6 Å². The third kappa shape index (κ3) is 8.58. The van der Waals surface area contributed by atoms with Gasteiger partial charge >= 0.3 is 12.1 Å². The van der Waals surface area contributed by atoms with Gasteiger partial charge in [-0.3, -0.25) is 14.5 Å². The molecule has 50 heavy (non-hydrogen) atoms. The molecule has 2 fully saturated rings. The minimum absolute atomic E-state index is 0.0314. The fraction of sp³-hybridized carbons (Fsp3) is 0.263. The summed E-state index contributed by atoms with van der Waals surface area (Å²) in [6, 6.07) is 29.7. The summed E-state index contributed by atoms with van der Waals surface area (Å²) >= 11 is 1.41. The molecule has 2 aliphatic rings. The normalized spacial score (nSPS) is 20.5. The molecule has 3 amide bonds. The van der Waals surface area contributed by atoms with Crippen LogP contribution in [0.4, 0.5) is 4.79 Å². The Morgan fingerprint density at radius 2 is 1.52 bits per heavy atom. The number of aliphatic hydroxyl groups excluding tert-OH is 1. The lowest BCUT2D eigenvalue weighted by Gasteiger charge is -2.36. The van der Waals surface area contributed by atoms with Gasteiger partial charge in [-0.2, -0.15) is 0 Å². The lowest BCUT2D eigenvalue weighted by Crippen LogP contribution is -2.41. The van der Waals surface area contributed by atoms with Gasteiger partial charge in [-0.15, -0.1) is 11.8 Å². The van der Waals surface area contributed by atoms with Gasteiger partial charge in [0.2, 0.25) is 5.91 Å². The first-order chi connectivity index (χ1) is 24.3. The highest BCUT2D eigenvalue weighted by atomic mass is 32.2. The molecule has 2 heterocycles. The van der Waals surface area contributed by atoms with Crippen LogP contribution in [-0.2, 0) is 43.6 Å². The molecule has 0 aromatic heterocycles. The van der Waals surface area contributed by atoms with Crippen molar-refractivity contribution in [3.05, 3.63) is 137 Å². The van der Waals surface area contributed by atoms with Gasteiger partial charge in [0.15, 0.2) is 6.29 Å². The fourth-order valence-electron chi connectivity index (χ4n) is 5.81. The number of carbonyl (C=O) groups excluding carboxylic acids is 3. The van der Waals surface area contributed by atoms with E-state index in [9.17, 15) is 29.4 Å². The largest absolute Gasteiger partial charge is 0.478 e. The molecule has 0 radical (unpaired) electrons. The maximum atomic E-state index is 13.1. The summed E-state index contributed by atoms with van der Waals surface area (Å²) in [4.78, 5) is 51.7. The number of hydrogen-bond acceptors (Lipinski definition) is 9. The van der Waals surface area contributed by atoms with Crippen LogP contribution in [0.1, 0.15) is 63.4 Å². The van der Waals surface area contributed by atoms with Crippen LogP contribution in [0.2, 0.25) is 0 Å². The van der Waals surface area contributed by atoms with Crippen LogP contribution < -0.4 is 5.32 Å². The number of aromatic carboxylic acids is 1. The molecule has 0 bridgehead atoms. The quantitative estimate of drug-likeness (QED) is 0.123. The van der Waals surface area contributed by atoms with E-state index in [0.717, 1.165) is 27.2 Å². The summed E-state index contributed by atoms with van der Waals surface area (Å²) in [5.41, 5.74) is 4.16. The van der Waals surface area contributed by atoms with E-state index in [-0.39, 0.29) is 44.0 Å². The Balaban J connectivity index is 1.10. The van der Waals surface area contributed by atoms with Gasteiger partial charge in [-0.1, -0.05) is 91.0 Å². The lowest BCUT2D eigenvalue weighted by molar-refractivity contribution is -0.245. The first-order valence-electron chi connectivity index (χ1n) is 16.1. The Hall–Kier alpha value is -5.01. The number of carboxylic acid groups (broad SMARTS) is 1. The Labute approximate surface area is 293 Å². The second kappa shape index (κ2) is 16.1. The molecule has 3 N–H and O–H groups in total. The molecular formula is C38H36N2O9S. The van der Waals surface area contributed by atoms with Crippen LogP contribution in [-0.4, -0.2) is 56.9 Å². The van der Waals surface area contributed by atoms with E-state index >= 15 is 0 Å². The summed E-state index contributed by atoms with van der Waals surface area (Å²) in [5, 5.41) is 21.6. The summed E-state index contributed by atoms with van der Waals surface area (Å²) in [6.45, 7) is 0.00387. The van der Waals surface area contributed by atoms with Crippen molar-refractivity contribution in [3.63, 3.8) is 0 Å². The smallest absolute Gasteiger partial charge is 0.408 e. The van der Waals surface area contributed by atoms with Crippen molar-refractivity contribution in [2.75, 3.05) is 5.75 Å². The van der Waals surface area contributed by atoms with Crippen molar-refractivity contribution in [1.82, 2.24) is 10.2 Å². The monoisotopic (exact) mass is 696 g/mol. The zero-order valence-electron chi connectivity index (χ0n) is 27.0. The first-order valence-corrected chi connectivity index (χ1v) is 17.1. The van der Waals surface area contributed by atoms with Gasteiger partial charge in [0.05, 0.1) is 37.3 Å². The van der Waals surface area contributed by atoms with Crippen molar-refractivity contribution >= 4 is 35.6 Å². The molecule has 2 saturated heterocycles. The highest BCUT2D eigenvalue weighted by molar-refractivity contribution is 7.99. The van der Waals surface area contributed by atoms with Crippen molar-refractivity contribution in [3.8, 4) is 0 Å². The van der Waals surface area contributed by atoms with Crippen molar-refractivity contribution in [2.45, 2.75) is 62.0 Å². The van der Waals surface area contributed by atoms with Crippen LogP contribution in [0, 0.1) is 0 Å². The Morgan fingerprint density at radius 1 is 0.840 bits per heavy atom. The molecule has 4 aromatic carbocycles. The number of rotatable bonds is 12. The number of carboxylic acids is 1. The third-order valence-corrected chi connectivity index (χ3v) is 9.70. The summed E-state index contributed by atoms with van der Waals surface area (Å²) < 4.78 is 18.0. The molecule has 12 heteroatoms. The zero-order chi connectivity index (χ0) is 35.0. The number of carbonyl (C=O) groups is 4. The van der Waals surface area contributed by atoms with Crippen LogP contribution >= 0.6 is 11.8 Å². The fourth-order valence-corrected chi connectivity index (χ4v) is 6.87. The zero-order valence-corrected chi connectivity index (χ0v) is 27.8. The van der Waals surface area contributed by atoms with Crippen molar-refractivity contribution in [1.29, 1.82) is 0 Å². The average molecular weight is 697 g/mol. The van der Waals surface area contributed by atoms with E-state index in [1.54, 1.807) is 36.4 Å². The Bertz CT molecular complexity index is 1820. The summed E-state index contributed by atoms with van der Waals surface area (Å²) in [6.07, 6.45) is -1.76. The third-order valence-electron chi connectivity index (χ3n) is 8.50. The lowest BCUT2D eigenvalue weighted by atomic mass is 10.0. The molecule has 0 aliphatic carbocycles. The van der Waals surface area contributed by atoms with Gasteiger partial charge in [-0.05, 0) is 34.4 Å². The van der Waals surface area contributed by atoms with Gasteiger partial charge in [0.25, 0.3) is 5.91 Å². The topological polar surface area (TPSA) is 152 Å². The van der Waals surface area contributed by atoms with Crippen LogP contribution in [0.5, 0.6) is 0 Å². The van der Waals surface area contributed by atoms with Gasteiger partial charge in [-0.25, -0.2) is 9.59 Å². The van der Waals surface area contributed by atoms with Gasteiger partial charge in [0.1, 0.15) is 12.6 Å². The van der Waals surface area contributed by atoms with E-state index in [1.807, 2.05) is 66.7 Å². The molecule has 258 valence electrons. The van der Waals surface area contributed by atoms with E-state index in [2.05, 4.69) is 5.32 Å². The molecule has 4 aromatic rings. The number of thioether (sulfide) groups is 1. The summed E-state index contributed by atoms with van der Waals surface area (Å²) in [5.74, 6) is -1.41. The second-order valence-electron chi connectivity index (χ2n) is 12.0. The van der Waals surface area contributed by atoms with E-state index in [4.69, 9.17) is 14.2 Å². The van der Waals surface area contributed by atoms with Crippen LogP contribution in [0.15, 0.2) is 108 Å². The highest BCUT2D eigenvalue weighted by Gasteiger charge is 2.40. The molecule has 2 aliphatic heterocycles. The first kappa shape index (κ1) is 34.8. The second-order valence-corrected chi connectivity index (χ2v) is 13.0. The number of benzene rings is 4. The van der Waals surface area contributed by atoms with Crippen LogP contribution in [0.3, 0.4) is 0 Å². The SMILES string of the molecule is O=C(NC1CC(=O)N(Cc2ccc([C@@H]3O[C@H](CSc4ccccc4C(=O)O)C[C@H](c4ccc(CO)cc4)O3)cc2)C1=O)OCc1ccccc1. The number of ether oxygens (including phenoxy) is 3. The number of aliphatic hydroxyl groups is 1. The number of nitrogens with one attached hydrogen (secondary N) is 1. The maximum Gasteiger partial charge on any atom is 0.408 e. The molecule has 4 atom stereocenters. The van der Waals surface area contributed by atoms with Crippen molar-refractivity contribution in [2.24, 2.45) is 0 Å². The number of likely N-dealkylation sites (tertiary alicyclic amines) is 1. The average Bonchev–Trinajstić information content (AvgIpc) is 3.40. The van der Waals surface area contributed by atoms with Crippen molar-refractivity contribution < 1.29 is 43.6 Å². The van der Waals surface area contributed by atoms with E-state index in [1.165, 1.54) is 11.8 Å². The van der Waals surface area contributed by atoms with Crippen LogP contribution in [0.25, 0.3) is 0 Å². The molecule has 0 saturated carbocycles. The predicted octanol–water partition coefficient (Wildman–Crippen LogP) is 5.77. The number of hydrogen-bond donors (Lipinski definition) is 3. The minimum Gasteiger partial charge on any atom is -0.478 e. The van der Waals surface area contributed by atoms with Gasteiger partial charge in [0, 0.05) is 22.6 Å². The maximum absolute atomic E-state index is 13.1. The molecule has 1 unspecified atom stereocenters. The number of alkyl carbamates (subject to hydrolysis) is 1. The Morgan fingerprint density at radius 3 is 2.24 bits per heavy atom. The highest BCUT2D eigenvalue weighted by Crippen LogP contribution is 2.40. The molecular weight excluding hydrogens is 660 g/mol. The standard InChI is InChI=1S/C38H36N2O9S/c41-21-25-12-14-27(15-13-25)32-18-29(23-50-33-9-5-4-8-30(33)36(44)45)48-37(49-32)28-16-10-24(11-17-28)20-40-34(42)19-31(35(40)43)39-38(46)47-22-26-6-2-1-3-7-26/h1-17,29,31-32,37,41H,18-23H2,(H,39,46)(H,44,45)/t29-,31?,32+,37+/m0/s1. The number of nitrogens with zero attached hydrogens (tertiary/aromatic N) is 1. The summed E-state index contributed by atoms with van der Waals surface area (Å²) in [7, 11) is 0. The molecule has 0 spiro atoms. The minimum atomic E-state index is -1.00. The molecule has 11 nitrogen and oxygen atoms in total. The predicted molar refractivity (Wildman–Crippen MR) is 183 cm³/mol. The van der Waals surface area contributed by atoms with E-state index < -0.39 is 36.2 Å². The number of imide groups is 1. The molecule has 6 rings (SSSR count). The Kier molecular flexibility index (Phi) is 11.2. The number of amides is 3.